The quantitative estimate of drug-likeness (QED) is 0.845. The number of phenolic OH excluding ortho intramolecular Hbond substituents is 1. The predicted octanol–water partition coefficient (Wildman–Crippen LogP) is 2.09. The van der Waals surface area contributed by atoms with Crippen molar-refractivity contribution in [2.45, 2.75) is 13.1 Å². The van der Waals surface area contributed by atoms with Crippen molar-refractivity contribution in [2.24, 2.45) is 0 Å². The summed E-state index contributed by atoms with van der Waals surface area (Å²) in [6.45, 7) is 1.38. The lowest BCUT2D eigenvalue weighted by molar-refractivity contribution is 0.373. The minimum absolute atomic E-state index is 0.162. The fourth-order valence-electron chi connectivity index (χ4n) is 1.68. The van der Waals surface area contributed by atoms with Gasteiger partial charge in [-0.25, -0.2) is 0 Å². The Labute approximate surface area is 106 Å². The van der Waals surface area contributed by atoms with E-state index in [0.717, 1.165) is 11.3 Å². The van der Waals surface area contributed by atoms with Crippen LogP contribution in [-0.2, 0) is 13.1 Å². The fraction of sp³-hybridized carbons (Fsp3) is 0.214. The highest BCUT2D eigenvalue weighted by atomic mass is 16.5. The molecule has 0 saturated carbocycles. The molecular formula is C14H16N2O2. The molecule has 0 spiro atoms. The normalized spacial score (nSPS) is 10.3. The van der Waals surface area contributed by atoms with Crippen LogP contribution >= 0.6 is 0 Å². The van der Waals surface area contributed by atoms with Gasteiger partial charge in [-0.05, 0) is 29.8 Å². The number of pyridine rings is 1. The van der Waals surface area contributed by atoms with Crippen molar-refractivity contribution in [3.05, 3.63) is 53.9 Å². The van der Waals surface area contributed by atoms with Gasteiger partial charge >= 0.3 is 0 Å². The third-order valence-electron chi connectivity index (χ3n) is 2.60. The first-order chi connectivity index (χ1) is 8.79. The maximum absolute atomic E-state index is 9.64. The van der Waals surface area contributed by atoms with Crippen molar-refractivity contribution in [3.8, 4) is 11.5 Å². The molecular weight excluding hydrogens is 228 g/mol. The lowest BCUT2D eigenvalue weighted by atomic mass is 10.2. The molecule has 0 aliphatic carbocycles. The van der Waals surface area contributed by atoms with E-state index in [-0.39, 0.29) is 5.75 Å². The number of hydrogen-bond acceptors (Lipinski definition) is 4. The lowest BCUT2D eigenvalue weighted by Gasteiger charge is -2.07. The summed E-state index contributed by atoms with van der Waals surface area (Å²) < 4.78 is 4.99. The summed E-state index contributed by atoms with van der Waals surface area (Å²) in [5, 5.41) is 12.9. The van der Waals surface area contributed by atoms with E-state index >= 15 is 0 Å². The second kappa shape index (κ2) is 6.02. The molecule has 0 fully saturated rings. The minimum atomic E-state index is 0.162. The van der Waals surface area contributed by atoms with Gasteiger partial charge in [-0.15, -0.1) is 0 Å². The number of phenols is 1. The standard InChI is InChI=1S/C14H16N2O2/c1-18-14-6-5-11(8-13(14)17)9-15-10-12-4-2-3-7-16-12/h2-8,15,17H,9-10H2,1H3. The number of aromatic nitrogens is 1. The summed E-state index contributed by atoms with van der Waals surface area (Å²) in [6, 6.07) is 11.2. The van der Waals surface area contributed by atoms with Crippen molar-refractivity contribution in [2.75, 3.05) is 7.11 Å². The molecule has 2 rings (SSSR count). The smallest absolute Gasteiger partial charge is 0.160 e. The van der Waals surface area contributed by atoms with Gasteiger partial charge in [-0.2, -0.15) is 0 Å². The highest BCUT2D eigenvalue weighted by molar-refractivity contribution is 5.41. The molecule has 4 heteroatoms. The number of benzene rings is 1. The number of methoxy groups -OCH3 is 1. The third-order valence-corrected chi connectivity index (χ3v) is 2.60. The second-order valence-corrected chi connectivity index (χ2v) is 3.93. The molecule has 0 amide bonds. The van der Waals surface area contributed by atoms with E-state index in [1.807, 2.05) is 24.3 Å². The molecule has 0 atom stereocenters. The molecule has 1 aromatic heterocycles. The van der Waals surface area contributed by atoms with Gasteiger partial charge in [0.1, 0.15) is 0 Å². The van der Waals surface area contributed by atoms with Crippen LogP contribution in [-0.4, -0.2) is 17.2 Å². The van der Waals surface area contributed by atoms with E-state index in [9.17, 15) is 5.11 Å². The van der Waals surface area contributed by atoms with E-state index in [0.29, 0.717) is 18.8 Å². The highest BCUT2D eigenvalue weighted by Crippen LogP contribution is 2.25. The number of nitrogens with one attached hydrogen (secondary N) is 1. The van der Waals surface area contributed by atoms with E-state index in [2.05, 4.69) is 10.3 Å². The average molecular weight is 244 g/mol. The molecule has 0 aliphatic rings. The SMILES string of the molecule is COc1ccc(CNCc2ccccn2)cc1O. The maximum Gasteiger partial charge on any atom is 0.160 e. The van der Waals surface area contributed by atoms with Gasteiger partial charge in [0, 0.05) is 19.3 Å². The van der Waals surface area contributed by atoms with Crippen LogP contribution in [0.4, 0.5) is 0 Å². The van der Waals surface area contributed by atoms with Crippen molar-refractivity contribution in [3.63, 3.8) is 0 Å². The van der Waals surface area contributed by atoms with Crippen LogP contribution in [0.25, 0.3) is 0 Å². The van der Waals surface area contributed by atoms with Gasteiger partial charge < -0.3 is 15.2 Å². The van der Waals surface area contributed by atoms with E-state index < -0.39 is 0 Å². The van der Waals surface area contributed by atoms with Crippen molar-refractivity contribution in [1.82, 2.24) is 10.3 Å². The van der Waals surface area contributed by atoms with Crippen LogP contribution in [0.3, 0.4) is 0 Å². The van der Waals surface area contributed by atoms with Crippen LogP contribution in [0.5, 0.6) is 11.5 Å². The summed E-state index contributed by atoms with van der Waals surface area (Å²) in [5.41, 5.74) is 2.00. The minimum Gasteiger partial charge on any atom is -0.504 e. The summed E-state index contributed by atoms with van der Waals surface area (Å²) >= 11 is 0. The zero-order valence-corrected chi connectivity index (χ0v) is 10.3. The van der Waals surface area contributed by atoms with Crippen LogP contribution in [0.2, 0.25) is 0 Å². The maximum atomic E-state index is 9.64. The molecule has 4 nitrogen and oxygen atoms in total. The summed E-state index contributed by atoms with van der Waals surface area (Å²) in [6.07, 6.45) is 1.77. The van der Waals surface area contributed by atoms with Crippen LogP contribution in [0.1, 0.15) is 11.3 Å². The number of aromatic hydroxyl groups is 1. The highest BCUT2D eigenvalue weighted by Gasteiger charge is 2.02. The average Bonchev–Trinajstić information content (AvgIpc) is 2.40. The zero-order chi connectivity index (χ0) is 12.8. The van der Waals surface area contributed by atoms with Gasteiger partial charge in [0.2, 0.25) is 0 Å². The van der Waals surface area contributed by atoms with E-state index in [1.54, 1.807) is 18.3 Å². The van der Waals surface area contributed by atoms with Crippen LogP contribution in [0, 0.1) is 0 Å². The molecule has 18 heavy (non-hydrogen) atoms. The Hall–Kier alpha value is -2.07. The predicted molar refractivity (Wildman–Crippen MR) is 69.4 cm³/mol. The van der Waals surface area contributed by atoms with Crippen LogP contribution < -0.4 is 10.1 Å². The number of hydrogen-bond donors (Lipinski definition) is 2. The van der Waals surface area contributed by atoms with Crippen molar-refractivity contribution >= 4 is 0 Å². The molecule has 0 radical (unpaired) electrons. The third kappa shape index (κ3) is 3.21. The largest absolute Gasteiger partial charge is 0.504 e. The second-order valence-electron chi connectivity index (χ2n) is 3.93. The topological polar surface area (TPSA) is 54.4 Å². The molecule has 0 saturated heterocycles. The number of ether oxygens (including phenoxy) is 1. The number of nitrogens with zero attached hydrogens (tertiary/aromatic N) is 1. The van der Waals surface area contributed by atoms with Gasteiger partial charge in [0.15, 0.2) is 11.5 Å². The lowest BCUT2D eigenvalue weighted by Crippen LogP contribution is -2.13. The first-order valence-electron chi connectivity index (χ1n) is 5.76. The van der Waals surface area contributed by atoms with E-state index in [1.165, 1.54) is 7.11 Å². The first-order valence-corrected chi connectivity index (χ1v) is 5.76. The van der Waals surface area contributed by atoms with Gasteiger partial charge in [0.25, 0.3) is 0 Å². The van der Waals surface area contributed by atoms with Gasteiger partial charge in [-0.1, -0.05) is 12.1 Å². The molecule has 2 aromatic rings. The summed E-state index contributed by atoms with van der Waals surface area (Å²) in [5.74, 6) is 0.651. The Morgan fingerprint density at radius 2 is 2.11 bits per heavy atom. The number of rotatable bonds is 5. The molecule has 1 heterocycles. The Morgan fingerprint density at radius 1 is 1.22 bits per heavy atom. The van der Waals surface area contributed by atoms with Gasteiger partial charge in [0.05, 0.1) is 12.8 Å². The fourth-order valence-corrected chi connectivity index (χ4v) is 1.68. The summed E-state index contributed by atoms with van der Waals surface area (Å²) in [4.78, 5) is 4.22. The monoisotopic (exact) mass is 244 g/mol. The Kier molecular flexibility index (Phi) is 4.15. The molecule has 2 N–H and O–H groups in total. The molecule has 0 unspecified atom stereocenters. The molecule has 0 bridgehead atoms. The van der Waals surface area contributed by atoms with Crippen LogP contribution in [0.15, 0.2) is 42.6 Å². The Morgan fingerprint density at radius 3 is 2.78 bits per heavy atom. The van der Waals surface area contributed by atoms with Crippen molar-refractivity contribution < 1.29 is 9.84 Å². The van der Waals surface area contributed by atoms with E-state index in [4.69, 9.17) is 4.74 Å². The van der Waals surface area contributed by atoms with Crippen molar-refractivity contribution in [1.29, 1.82) is 0 Å². The molecule has 94 valence electrons. The molecule has 0 aliphatic heterocycles. The Balaban J connectivity index is 1.89. The van der Waals surface area contributed by atoms with Gasteiger partial charge in [-0.3, -0.25) is 4.98 Å². The molecule has 1 aromatic carbocycles. The summed E-state index contributed by atoms with van der Waals surface area (Å²) in [7, 11) is 1.54. The Bertz CT molecular complexity index is 500. The first kappa shape index (κ1) is 12.4. The zero-order valence-electron chi connectivity index (χ0n) is 10.3.